The standard InChI is InChI=1S/C18H32N2O4/c1-13-12-20(10-7-15(13)21)16(22)11-14-5-8-19(9-6-14)17(23)24-18(2,3)4/h13-15,21H,5-12H2,1-4H3. The molecule has 138 valence electrons. The summed E-state index contributed by atoms with van der Waals surface area (Å²) in [5.74, 6) is 0.666. The number of carbonyl (C=O) groups is 2. The van der Waals surface area contributed by atoms with E-state index in [4.69, 9.17) is 4.74 Å². The van der Waals surface area contributed by atoms with Gasteiger partial charge in [-0.15, -0.1) is 0 Å². The highest BCUT2D eigenvalue weighted by Crippen LogP contribution is 2.24. The zero-order valence-corrected chi connectivity index (χ0v) is 15.5. The molecule has 0 spiro atoms. The average Bonchev–Trinajstić information content (AvgIpc) is 2.49. The number of carbonyl (C=O) groups excluding carboxylic acids is 2. The van der Waals surface area contributed by atoms with Crippen LogP contribution in [0.3, 0.4) is 0 Å². The van der Waals surface area contributed by atoms with Crippen molar-refractivity contribution < 1.29 is 19.4 Å². The quantitative estimate of drug-likeness (QED) is 0.837. The van der Waals surface area contributed by atoms with E-state index in [0.29, 0.717) is 44.9 Å². The number of aliphatic hydroxyl groups excluding tert-OH is 1. The maximum atomic E-state index is 12.5. The number of nitrogens with zero attached hydrogens (tertiary/aromatic N) is 2. The van der Waals surface area contributed by atoms with Gasteiger partial charge >= 0.3 is 6.09 Å². The lowest BCUT2D eigenvalue weighted by Gasteiger charge is -2.37. The molecule has 2 unspecified atom stereocenters. The van der Waals surface area contributed by atoms with Gasteiger partial charge in [-0.05, 0) is 51.9 Å². The molecule has 2 heterocycles. The Labute approximate surface area is 145 Å². The lowest BCUT2D eigenvalue weighted by molar-refractivity contribution is -0.136. The average molecular weight is 340 g/mol. The first-order chi connectivity index (χ1) is 11.2. The fourth-order valence-electron chi connectivity index (χ4n) is 3.38. The maximum Gasteiger partial charge on any atom is 0.410 e. The molecule has 2 aliphatic rings. The molecule has 24 heavy (non-hydrogen) atoms. The van der Waals surface area contributed by atoms with E-state index >= 15 is 0 Å². The van der Waals surface area contributed by atoms with Crippen LogP contribution in [0.15, 0.2) is 0 Å². The van der Waals surface area contributed by atoms with Crippen LogP contribution in [0.2, 0.25) is 0 Å². The molecule has 0 bridgehead atoms. The molecule has 2 aliphatic heterocycles. The predicted octanol–water partition coefficient (Wildman–Crippen LogP) is 2.25. The van der Waals surface area contributed by atoms with Gasteiger partial charge in [-0.25, -0.2) is 4.79 Å². The van der Waals surface area contributed by atoms with Crippen LogP contribution in [0, 0.1) is 11.8 Å². The summed E-state index contributed by atoms with van der Waals surface area (Å²) in [4.78, 5) is 28.2. The van der Waals surface area contributed by atoms with Crippen LogP contribution < -0.4 is 0 Å². The van der Waals surface area contributed by atoms with Gasteiger partial charge in [-0.2, -0.15) is 0 Å². The number of amides is 2. The molecular weight excluding hydrogens is 308 g/mol. The third kappa shape index (κ3) is 5.36. The van der Waals surface area contributed by atoms with Gasteiger partial charge in [0.15, 0.2) is 0 Å². The van der Waals surface area contributed by atoms with Crippen LogP contribution in [0.5, 0.6) is 0 Å². The van der Waals surface area contributed by atoms with Crippen LogP contribution in [0.4, 0.5) is 4.79 Å². The van der Waals surface area contributed by atoms with Crippen molar-refractivity contribution in [2.45, 2.75) is 65.1 Å². The topological polar surface area (TPSA) is 70.1 Å². The summed E-state index contributed by atoms with van der Waals surface area (Å²) in [5.41, 5.74) is -0.473. The van der Waals surface area contributed by atoms with Crippen LogP contribution in [0.25, 0.3) is 0 Å². The Morgan fingerprint density at radius 3 is 2.21 bits per heavy atom. The third-order valence-corrected chi connectivity index (χ3v) is 4.94. The van der Waals surface area contributed by atoms with Gasteiger partial charge in [-0.1, -0.05) is 6.92 Å². The Morgan fingerprint density at radius 1 is 1.08 bits per heavy atom. The molecule has 2 saturated heterocycles. The highest BCUT2D eigenvalue weighted by atomic mass is 16.6. The van der Waals surface area contributed by atoms with Crippen molar-refractivity contribution in [3.8, 4) is 0 Å². The van der Waals surface area contributed by atoms with Crippen molar-refractivity contribution in [2.24, 2.45) is 11.8 Å². The van der Waals surface area contributed by atoms with Crippen molar-refractivity contribution in [3.05, 3.63) is 0 Å². The first-order valence-corrected chi connectivity index (χ1v) is 9.09. The second-order valence-corrected chi connectivity index (χ2v) is 8.29. The van der Waals surface area contributed by atoms with Crippen molar-refractivity contribution in [1.82, 2.24) is 9.80 Å². The van der Waals surface area contributed by atoms with Crippen molar-refractivity contribution in [2.75, 3.05) is 26.2 Å². The van der Waals surface area contributed by atoms with E-state index < -0.39 is 5.60 Å². The minimum atomic E-state index is -0.473. The second kappa shape index (κ2) is 7.72. The summed E-state index contributed by atoms with van der Waals surface area (Å²) >= 11 is 0. The van der Waals surface area contributed by atoms with E-state index in [9.17, 15) is 14.7 Å². The number of likely N-dealkylation sites (tertiary alicyclic amines) is 2. The highest BCUT2D eigenvalue weighted by Gasteiger charge is 2.31. The smallest absolute Gasteiger partial charge is 0.410 e. The summed E-state index contributed by atoms with van der Waals surface area (Å²) in [5, 5.41) is 9.77. The molecule has 0 aromatic heterocycles. The van der Waals surface area contributed by atoms with Crippen LogP contribution in [-0.4, -0.2) is 64.8 Å². The molecule has 2 amide bonds. The molecule has 2 atom stereocenters. The molecule has 0 radical (unpaired) electrons. The molecular formula is C18H32N2O4. The highest BCUT2D eigenvalue weighted by molar-refractivity contribution is 5.76. The molecule has 6 heteroatoms. The molecule has 1 N–H and O–H groups in total. The van der Waals surface area contributed by atoms with Crippen LogP contribution in [0.1, 0.15) is 53.4 Å². The zero-order chi connectivity index (χ0) is 17.9. The summed E-state index contributed by atoms with van der Waals surface area (Å²) in [7, 11) is 0. The first-order valence-electron chi connectivity index (χ1n) is 9.09. The lowest BCUT2D eigenvalue weighted by Crippen LogP contribution is -2.46. The minimum absolute atomic E-state index is 0.150. The molecule has 0 aromatic carbocycles. The summed E-state index contributed by atoms with van der Waals surface area (Å²) < 4.78 is 5.40. The molecule has 6 nitrogen and oxygen atoms in total. The fraction of sp³-hybridized carbons (Fsp3) is 0.889. The Kier molecular flexibility index (Phi) is 6.12. The summed E-state index contributed by atoms with van der Waals surface area (Å²) in [6.45, 7) is 10.2. The normalized spacial score (nSPS) is 26.4. The van der Waals surface area contributed by atoms with Gasteiger partial charge in [0.1, 0.15) is 5.60 Å². The summed E-state index contributed by atoms with van der Waals surface area (Å²) in [6, 6.07) is 0. The number of aliphatic hydroxyl groups is 1. The number of rotatable bonds is 2. The number of piperidine rings is 2. The number of ether oxygens (including phenoxy) is 1. The van der Waals surface area contributed by atoms with Gasteiger partial charge in [-0.3, -0.25) is 4.79 Å². The Balaban J connectivity index is 1.75. The molecule has 2 fully saturated rings. The van der Waals surface area contributed by atoms with E-state index in [1.54, 1.807) is 4.90 Å². The lowest BCUT2D eigenvalue weighted by atomic mass is 9.91. The molecule has 2 rings (SSSR count). The van der Waals surface area contributed by atoms with Crippen LogP contribution >= 0.6 is 0 Å². The first kappa shape index (κ1) is 19.0. The van der Waals surface area contributed by atoms with Gasteiger partial charge < -0.3 is 19.6 Å². The molecule has 0 aromatic rings. The number of hydrogen-bond acceptors (Lipinski definition) is 4. The Hall–Kier alpha value is -1.30. The SMILES string of the molecule is CC1CN(C(=O)CC2CCN(C(=O)OC(C)(C)C)CC2)CCC1O. The van der Waals surface area contributed by atoms with E-state index in [-0.39, 0.29) is 24.0 Å². The van der Waals surface area contributed by atoms with Gasteiger partial charge in [0, 0.05) is 32.6 Å². The van der Waals surface area contributed by atoms with Gasteiger partial charge in [0.05, 0.1) is 6.10 Å². The van der Waals surface area contributed by atoms with E-state index in [1.807, 2.05) is 32.6 Å². The third-order valence-electron chi connectivity index (χ3n) is 4.94. The van der Waals surface area contributed by atoms with E-state index in [0.717, 1.165) is 12.8 Å². The number of hydrogen-bond donors (Lipinski definition) is 1. The van der Waals surface area contributed by atoms with Crippen molar-refractivity contribution in [3.63, 3.8) is 0 Å². The van der Waals surface area contributed by atoms with Crippen molar-refractivity contribution in [1.29, 1.82) is 0 Å². The predicted molar refractivity (Wildman–Crippen MR) is 91.5 cm³/mol. The summed E-state index contributed by atoms with van der Waals surface area (Å²) in [6.07, 6.45) is 2.36. The van der Waals surface area contributed by atoms with E-state index in [2.05, 4.69) is 0 Å². The fourth-order valence-corrected chi connectivity index (χ4v) is 3.38. The second-order valence-electron chi connectivity index (χ2n) is 8.29. The maximum absolute atomic E-state index is 12.5. The van der Waals surface area contributed by atoms with Crippen LogP contribution in [-0.2, 0) is 9.53 Å². The molecule has 0 saturated carbocycles. The minimum Gasteiger partial charge on any atom is -0.444 e. The van der Waals surface area contributed by atoms with Crippen molar-refractivity contribution >= 4 is 12.0 Å². The Bertz CT molecular complexity index is 452. The Morgan fingerprint density at radius 2 is 1.67 bits per heavy atom. The largest absolute Gasteiger partial charge is 0.444 e. The van der Waals surface area contributed by atoms with Gasteiger partial charge in [0.25, 0.3) is 0 Å². The molecule has 0 aliphatic carbocycles. The zero-order valence-electron chi connectivity index (χ0n) is 15.5. The van der Waals surface area contributed by atoms with Gasteiger partial charge in [0.2, 0.25) is 5.91 Å². The monoisotopic (exact) mass is 340 g/mol. The van der Waals surface area contributed by atoms with E-state index in [1.165, 1.54) is 0 Å².